The van der Waals surface area contributed by atoms with Crippen LogP contribution < -0.4 is 5.32 Å². The van der Waals surface area contributed by atoms with Crippen molar-refractivity contribution in [3.05, 3.63) is 84.9 Å². The number of nitrogens with one attached hydrogen (secondary N) is 1. The molecule has 0 aliphatic rings. The molecule has 3 rings (SSSR count). The zero-order valence-corrected chi connectivity index (χ0v) is 11.4. The molecule has 1 N–H and O–H groups in total. The second-order valence-corrected chi connectivity index (χ2v) is 4.67. The standard InChI is InChI=1S/C17H15N3O/c21-17(19-15-9-6-10-18-13-15)16(20-11-4-5-12-20)14-7-2-1-3-8-14/h1-13,16H,(H,19,21). The first-order valence-electron chi connectivity index (χ1n) is 6.73. The van der Waals surface area contributed by atoms with Gasteiger partial charge in [0.15, 0.2) is 0 Å². The highest BCUT2D eigenvalue weighted by Gasteiger charge is 2.21. The van der Waals surface area contributed by atoms with Crippen molar-refractivity contribution in [1.29, 1.82) is 0 Å². The van der Waals surface area contributed by atoms with Gasteiger partial charge in [0.05, 0.1) is 11.9 Å². The van der Waals surface area contributed by atoms with Crippen molar-refractivity contribution in [2.45, 2.75) is 6.04 Å². The first kappa shape index (κ1) is 13.1. The number of nitrogens with zero attached hydrogens (tertiary/aromatic N) is 2. The number of rotatable bonds is 4. The molecule has 0 spiro atoms. The summed E-state index contributed by atoms with van der Waals surface area (Å²) in [6, 6.07) is 16.7. The molecule has 1 unspecified atom stereocenters. The monoisotopic (exact) mass is 277 g/mol. The largest absolute Gasteiger partial charge is 0.338 e. The number of carbonyl (C=O) groups excluding carboxylic acids is 1. The Hall–Kier alpha value is -2.88. The van der Waals surface area contributed by atoms with E-state index in [1.807, 2.05) is 65.5 Å². The molecule has 0 saturated carbocycles. The lowest BCUT2D eigenvalue weighted by Gasteiger charge is -2.19. The Morgan fingerprint density at radius 3 is 2.43 bits per heavy atom. The van der Waals surface area contributed by atoms with Gasteiger partial charge >= 0.3 is 0 Å². The number of pyridine rings is 1. The van der Waals surface area contributed by atoms with Gasteiger partial charge in [-0.3, -0.25) is 9.78 Å². The van der Waals surface area contributed by atoms with Gasteiger partial charge in [0.1, 0.15) is 6.04 Å². The molecule has 0 fully saturated rings. The van der Waals surface area contributed by atoms with Crippen LogP contribution in [-0.4, -0.2) is 15.5 Å². The number of amides is 1. The highest BCUT2D eigenvalue weighted by Crippen LogP contribution is 2.20. The van der Waals surface area contributed by atoms with Crippen molar-refractivity contribution >= 4 is 11.6 Å². The Balaban J connectivity index is 1.91. The lowest BCUT2D eigenvalue weighted by Crippen LogP contribution is -2.26. The van der Waals surface area contributed by atoms with Gasteiger partial charge in [0.2, 0.25) is 0 Å². The smallest absolute Gasteiger partial charge is 0.252 e. The second kappa shape index (κ2) is 6.05. The summed E-state index contributed by atoms with van der Waals surface area (Å²) in [4.78, 5) is 16.7. The van der Waals surface area contributed by atoms with Gasteiger partial charge in [0.25, 0.3) is 5.91 Å². The summed E-state index contributed by atoms with van der Waals surface area (Å²) in [7, 11) is 0. The van der Waals surface area contributed by atoms with E-state index in [-0.39, 0.29) is 5.91 Å². The van der Waals surface area contributed by atoms with Gasteiger partial charge in [-0.1, -0.05) is 30.3 Å². The van der Waals surface area contributed by atoms with E-state index < -0.39 is 6.04 Å². The van der Waals surface area contributed by atoms with Crippen LogP contribution in [0.4, 0.5) is 5.69 Å². The van der Waals surface area contributed by atoms with Crippen molar-refractivity contribution in [1.82, 2.24) is 9.55 Å². The van der Waals surface area contributed by atoms with E-state index in [9.17, 15) is 4.79 Å². The van der Waals surface area contributed by atoms with Crippen LogP contribution in [-0.2, 0) is 4.79 Å². The van der Waals surface area contributed by atoms with Gasteiger partial charge < -0.3 is 9.88 Å². The van der Waals surface area contributed by atoms with Gasteiger partial charge in [-0.15, -0.1) is 0 Å². The van der Waals surface area contributed by atoms with E-state index >= 15 is 0 Å². The van der Waals surface area contributed by atoms with Gasteiger partial charge in [-0.05, 0) is 29.8 Å². The molecule has 1 aromatic carbocycles. The maximum absolute atomic E-state index is 12.7. The quantitative estimate of drug-likeness (QED) is 0.796. The third-order valence-electron chi connectivity index (χ3n) is 3.22. The van der Waals surface area contributed by atoms with E-state index in [0.717, 1.165) is 5.56 Å². The highest BCUT2D eigenvalue weighted by atomic mass is 16.2. The molecular formula is C17H15N3O. The molecule has 0 radical (unpaired) electrons. The zero-order chi connectivity index (χ0) is 14.5. The average molecular weight is 277 g/mol. The lowest BCUT2D eigenvalue weighted by atomic mass is 10.1. The number of benzene rings is 1. The van der Waals surface area contributed by atoms with Crippen LogP contribution in [0.1, 0.15) is 11.6 Å². The number of anilines is 1. The molecule has 2 heterocycles. The molecular weight excluding hydrogens is 262 g/mol. The van der Waals surface area contributed by atoms with Crippen LogP contribution in [0.15, 0.2) is 79.4 Å². The van der Waals surface area contributed by atoms with Gasteiger partial charge in [-0.25, -0.2) is 0 Å². The summed E-state index contributed by atoms with van der Waals surface area (Å²) in [5.41, 5.74) is 1.63. The Kier molecular flexibility index (Phi) is 3.78. The van der Waals surface area contributed by atoms with Crippen molar-refractivity contribution in [3.8, 4) is 0 Å². The molecule has 0 bridgehead atoms. The summed E-state index contributed by atoms with van der Waals surface area (Å²) in [5.74, 6) is -0.0922. The SMILES string of the molecule is O=C(Nc1cccnc1)C(c1ccccc1)n1cccc1. The fourth-order valence-electron chi connectivity index (χ4n) is 2.26. The van der Waals surface area contributed by atoms with Crippen LogP contribution in [0.25, 0.3) is 0 Å². The van der Waals surface area contributed by atoms with E-state index in [4.69, 9.17) is 0 Å². The summed E-state index contributed by atoms with van der Waals surface area (Å²) in [6.45, 7) is 0. The molecule has 104 valence electrons. The molecule has 21 heavy (non-hydrogen) atoms. The molecule has 1 atom stereocenters. The predicted octanol–water partition coefficient (Wildman–Crippen LogP) is 3.11. The fourth-order valence-corrected chi connectivity index (χ4v) is 2.26. The summed E-state index contributed by atoms with van der Waals surface area (Å²) in [6.07, 6.45) is 7.09. The normalized spacial score (nSPS) is 11.8. The Morgan fingerprint density at radius 2 is 1.76 bits per heavy atom. The van der Waals surface area contributed by atoms with Gasteiger partial charge in [-0.2, -0.15) is 0 Å². The van der Waals surface area contributed by atoms with Crippen LogP contribution >= 0.6 is 0 Å². The predicted molar refractivity (Wildman–Crippen MR) is 81.9 cm³/mol. The minimum atomic E-state index is -0.401. The Bertz CT molecular complexity index is 693. The topological polar surface area (TPSA) is 46.9 Å². The third-order valence-corrected chi connectivity index (χ3v) is 3.22. The summed E-state index contributed by atoms with van der Waals surface area (Å²) < 4.78 is 1.89. The van der Waals surface area contributed by atoms with Crippen molar-refractivity contribution < 1.29 is 4.79 Å². The van der Waals surface area contributed by atoms with Crippen LogP contribution in [0.5, 0.6) is 0 Å². The molecule has 3 aromatic rings. The Morgan fingerprint density at radius 1 is 1.00 bits per heavy atom. The van der Waals surface area contributed by atoms with E-state index in [0.29, 0.717) is 5.69 Å². The number of carbonyl (C=O) groups is 1. The maximum atomic E-state index is 12.7. The summed E-state index contributed by atoms with van der Waals surface area (Å²) in [5, 5.41) is 2.91. The molecule has 1 amide bonds. The van der Waals surface area contributed by atoms with E-state index in [1.54, 1.807) is 18.5 Å². The minimum absolute atomic E-state index is 0.0922. The third kappa shape index (κ3) is 3.00. The minimum Gasteiger partial charge on any atom is -0.338 e. The van der Waals surface area contributed by atoms with Crippen molar-refractivity contribution in [2.75, 3.05) is 5.32 Å². The molecule has 0 aliphatic heterocycles. The van der Waals surface area contributed by atoms with E-state index in [2.05, 4.69) is 10.3 Å². The lowest BCUT2D eigenvalue weighted by molar-refractivity contribution is -0.118. The Labute approximate surface area is 123 Å². The van der Waals surface area contributed by atoms with Crippen LogP contribution in [0, 0.1) is 0 Å². The first-order valence-corrected chi connectivity index (χ1v) is 6.73. The fraction of sp³-hybridized carbons (Fsp3) is 0.0588. The number of hydrogen-bond acceptors (Lipinski definition) is 2. The molecule has 4 nitrogen and oxygen atoms in total. The maximum Gasteiger partial charge on any atom is 0.252 e. The molecule has 0 aliphatic carbocycles. The highest BCUT2D eigenvalue weighted by molar-refractivity contribution is 5.95. The molecule has 2 aromatic heterocycles. The summed E-state index contributed by atoms with van der Waals surface area (Å²) >= 11 is 0. The zero-order valence-electron chi connectivity index (χ0n) is 11.4. The van der Waals surface area contributed by atoms with Gasteiger partial charge in [0, 0.05) is 18.6 Å². The van der Waals surface area contributed by atoms with Crippen molar-refractivity contribution in [3.63, 3.8) is 0 Å². The second-order valence-electron chi connectivity index (χ2n) is 4.67. The number of hydrogen-bond donors (Lipinski definition) is 1. The van der Waals surface area contributed by atoms with Crippen LogP contribution in [0.3, 0.4) is 0 Å². The molecule has 0 saturated heterocycles. The van der Waals surface area contributed by atoms with E-state index in [1.165, 1.54) is 0 Å². The first-order chi connectivity index (χ1) is 10.3. The average Bonchev–Trinajstić information content (AvgIpc) is 3.03. The van der Waals surface area contributed by atoms with Crippen LogP contribution in [0.2, 0.25) is 0 Å². The van der Waals surface area contributed by atoms with Crippen molar-refractivity contribution in [2.24, 2.45) is 0 Å². The molecule has 4 heteroatoms. The number of aromatic nitrogens is 2.